The Morgan fingerprint density at radius 1 is 1.17 bits per heavy atom. The lowest BCUT2D eigenvalue weighted by Crippen LogP contribution is -2.41. The molecule has 1 unspecified atom stereocenters. The van der Waals surface area contributed by atoms with Crippen LogP contribution in [-0.2, 0) is 18.0 Å². The minimum Gasteiger partial charge on any atom is -0.299 e. The molecule has 0 aliphatic heterocycles. The fraction of sp³-hybridized carbons (Fsp3) is 0.389. The quantitative estimate of drug-likeness (QED) is 0.507. The molecule has 0 saturated carbocycles. The van der Waals surface area contributed by atoms with Gasteiger partial charge in [-0.1, -0.05) is 25.4 Å². The summed E-state index contributed by atoms with van der Waals surface area (Å²) in [4.78, 5) is 36.7. The molecular weight excluding hydrogens is 436 g/mol. The van der Waals surface area contributed by atoms with Gasteiger partial charge in [-0.05, 0) is 25.0 Å². The predicted octanol–water partition coefficient (Wildman–Crippen LogP) is 4.05. The number of rotatable bonds is 5. The van der Waals surface area contributed by atoms with Gasteiger partial charge in [-0.25, -0.2) is 13.8 Å². The molecule has 0 radical (unpaired) electrons. The van der Waals surface area contributed by atoms with E-state index in [1.165, 1.54) is 6.92 Å². The average molecular weight is 453 g/mol. The Labute approximate surface area is 172 Å². The third kappa shape index (κ3) is 4.75. The van der Waals surface area contributed by atoms with E-state index in [9.17, 15) is 31.9 Å². The van der Waals surface area contributed by atoms with Crippen molar-refractivity contribution in [3.05, 3.63) is 55.6 Å². The molecule has 11 heteroatoms. The van der Waals surface area contributed by atoms with Crippen LogP contribution in [0.4, 0.5) is 17.6 Å². The topological polar surface area (TPSA) is 61.1 Å². The Morgan fingerprint density at radius 3 is 2.24 bits per heavy atom. The number of hydrogen-bond acceptors (Lipinski definition) is 4. The number of ketones is 1. The van der Waals surface area contributed by atoms with E-state index in [2.05, 4.69) is 0 Å². The highest BCUT2D eigenvalue weighted by molar-refractivity contribution is 8.00. The summed E-state index contributed by atoms with van der Waals surface area (Å²) in [6, 6.07) is 2.14. The summed E-state index contributed by atoms with van der Waals surface area (Å²) in [6.07, 6.45) is -4.93. The zero-order valence-corrected chi connectivity index (χ0v) is 17.4. The molecule has 0 N–H and O–H groups in total. The van der Waals surface area contributed by atoms with Gasteiger partial charge in [0.15, 0.2) is 0 Å². The van der Waals surface area contributed by atoms with Crippen molar-refractivity contribution in [2.24, 2.45) is 13.0 Å². The van der Waals surface area contributed by atoms with Crippen LogP contribution in [0.1, 0.15) is 26.5 Å². The van der Waals surface area contributed by atoms with Crippen molar-refractivity contribution in [2.75, 3.05) is 0 Å². The van der Waals surface area contributed by atoms with Crippen molar-refractivity contribution >= 4 is 29.1 Å². The Balaban J connectivity index is 2.71. The van der Waals surface area contributed by atoms with Crippen molar-refractivity contribution in [1.82, 2.24) is 9.13 Å². The number of nitrogens with zero attached hydrogens (tertiary/aromatic N) is 2. The van der Waals surface area contributed by atoms with Gasteiger partial charge in [0.25, 0.3) is 5.56 Å². The first-order chi connectivity index (χ1) is 13.3. The van der Waals surface area contributed by atoms with Gasteiger partial charge in [0.1, 0.15) is 17.3 Å². The van der Waals surface area contributed by atoms with Gasteiger partial charge >= 0.3 is 11.9 Å². The Morgan fingerprint density at radius 2 is 1.76 bits per heavy atom. The van der Waals surface area contributed by atoms with Crippen LogP contribution >= 0.6 is 23.4 Å². The fourth-order valence-corrected chi connectivity index (χ4v) is 4.07. The predicted molar refractivity (Wildman–Crippen MR) is 102 cm³/mol. The van der Waals surface area contributed by atoms with Crippen LogP contribution in [-0.4, -0.2) is 20.2 Å². The molecule has 0 spiro atoms. The van der Waals surface area contributed by atoms with E-state index in [4.69, 9.17) is 11.6 Å². The second-order valence-electron chi connectivity index (χ2n) is 6.67. The minimum absolute atomic E-state index is 0.0556. The summed E-state index contributed by atoms with van der Waals surface area (Å²) in [7, 11) is 0.828. The molecule has 0 fully saturated rings. The zero-order chi connectivity index (χ0) is 22.3. The van der Waals surface area contributed by atoms with Crippen molar-refractivity contribution < 1.29 is 22.4 Å². The number of carbonyl (C=O) groups excluding carboxylic acids is 1. The summed E-state index contributed by atoms with van der Waals surface area (Å²) < 4.78 is 54.0. The Kier molecular flexibility index (Phi) is 6.68. The molecule has 1 aromatic carbocycles. The smallest absolute Gasteiger partial charge is 0.299 e. The highest BCUT2D eigenvalue weighted by Gasteiger charge is 2.35. The monoisotopic (exact) mass is 452 g/mol. The van der Waals surface area contributed by atoms with E-state index in [1.54, 1.807) is 13.8 Å². The van der Waals surface area contributed by atoms with Gasteiger partial charge in [0.2, 0.25) is 0 Å². The molecule has 2 aromatic rings. The first kappa shape index (κ1) is 23.2. The molecule has 29 heavy (non-hydrogen) atoms. The summed E-state index contributed by atoms with van der Waals surface area (Å²) in [5, 5.41) is -0.585. The van der Waals surface area contributed by atoms with Crippen molar-refractivity contribution in [3.8, 4) is 5.69 Å². The maximum atomic E-state index is 14.5. The van der Waals surface area contributed by atoms with Crippen LogP contribution < -0.4 is 11.2 Å². The summed E-state index contributed by atoms with van der Waals surface area (Å²) >= 11 is 7.07. The van der Waals surface area contributed by atoms with E-state index < -0.39 is 39.9 Å². The number of carbonyl (C=O) groups is 1. The molecular formula is C18H17ClF4N2O3S. The molecule has 0 aliphatic rings. The number of hydrogen-bond donors (Lipinski definition) is 0. The van der Waals surface area contributed by atoms with Gasteiger partial charge < -0.3 is 0 Å². The lowest BCUT2D eigenvalue weighted by atomic mass is 10.1. The number of benzene rings is 1. The second kappa shape index (κ2) is 8.35. The van der Waals surface area contributed by atoms with Crippen molar-refractivity contribution in [3.63, 3.8) is 0 Å². The van der Waals surface area contributed by atoms with Crippen LogP contribution in [0.3, 0.4) is 0 Å². The van der Waals surface area contributed by atoms with Gasteiger partial charge in [-0.3, -0.25) is 14.2 Å². The summed E-state index contributed by atoms with van der Waals surface area (Å²) in [6.45, 7) is 4.98. The third-order valence-electron chi connectivity index (χ3n) is 4.11. The number of halogens is 5. The van der Waals surface area contributed by atoms with Crippen LogP contribution in [0.5, 0.6) is 0 Å². The molecule has 0 saturated heterocycles. The normalized spacial score (nSPS) is 13.0. The Hall–Kier alpha value is -2.07. The molecule has 0 aliphatic carbocycles. The summed E-state index contributed by atoms with van der Waals surface area (Å²) in [5.74, 6) is -1.32. The summed E-state index contributed by atoms with van der Waals surface area (Å²) in [5.41, 5.74) is -4.72. The molecule has 2 rings (SSSR count). The minimum atomic E-state index is -4.93. The van der Waals surface area contributed by atoms with Crippen LogP contribution in [0.15, 0.2) is 32.7 Å². The number of thioether (sulfide) groups is 1. The van der Waals surface area contributed by atoms with Gasteiger partial charge in [-0.2, -0.15) is 13.2 Å². The fourth-order valence-electron chi connectivity index (χ4n) is 2.72. The lowest BCUT2D eigenvalue weighted by molar-refractivity contribution is -0.144. The maximum absolute atomic E-state index is 14.5. The number of alkyl halides is 3. The van der Waals surface area contributed by atoms with Crippen LogP contribution in [0.25, 0.3) is 5.69 Å². The van der Waals surface area contributed by atoms with E-state index >= 15 is 0 Å². The first-order valence-electron chi connectivity index (χ1n) is 8.32. The first-order valence-corrected chi connectivity index (χ1v) is 9.58. The molecule has 0 amide bonds. The Bertz CT molecular complexity index is 1080. The van der Waals surface area contributed by atoms with Gasteiger partial charge in [0.05, 0.1) is 16.0 Å². The van der Waals surface area contributed by atoms with Crippen LogP contribution in [0, 0.1) is 11.7 Å². The lowest BCUT2D eigenvalue weighted by Gasteiger charge is -2.19. The van der Waals surface area contributed by atoms with Gasteiger partial charge in [0, 0.05) is 18.0 Å². The molecule has 158 valence electrons. The SMILES string of the molecule is CC(=O)C(Sc1cc(-n2c(=O)cc(C(F)(F)F)n(C)c2=O)c(F)cc1Cl)C(C)C. The van der Waals surface area contributed by atoms with Gasteiger partial charge in [-0.15, -0.1) is 11.8 Å². The van der Waals surface area contributed by atoms with E-state index in [0.29, 0.717) is 4.57 Å². The van der Waals surface area contributed by atoms with E-state index in [1.807, 2.05) is 0 Å². The van der Waals surface area contributed by atoms with Crippen molar-refractivity contribution in [2.45, 2.75) is 37.1 Å². The van der Waals surface area contributed by atoms with Crippen LogP contribution in [0.2, 0.25) is 5.02 Å². The molecule has 0 bridgehead atoms. The molecule has 1 aromatic heterocycles. The second-order valence-corrected chi connectivity index (χ2v) is 8.26. The standard InChI is InChI=1S/C18H17ClF4N2O3S/c1-8(2)16(9(3)26)29-13-6-12(11(20)5-10(13)19)25-15(27)7-14(18(21,22)23)24(4)17(25)28/h5-8,16H,1-4H3. The van der Waals surface area contributed by atoms with Crippen molar-refractivity contribution in [1.29, 1.82) is 0 Å². The zero-order valence-electron chi connectivity index (χ0n) is 15.8. The highest BCUT2D eigenvalue weighted by atomic mass is 35.5. The average Bonchev–Trinajstić information content (AvgIpc) is 2.57. The third-order valence-corrected chi connectivity index (χ3v) is 6.26. The molecule has 1 heterocycles. The molecule has 1 atom stereocenters. The largest absolute Gasteiger partial charge is 0.431 e. The maximum Gasteiger partial charge on any atom is 0.431 e. The molecule has 5 nitrogen and oxygen atoms in total. The number of aromatic nitrogens is 2. The highest BCUT2D eigenvalue weighted by Crippen LogP contribution is 2.36. The van der Waals surface area contributed by atoms with E-state index in [0.717, 1.165) is 30.9 Å². The number of Topliss-reactive ketones (excluding diaryl/α,β-unsaturated/α-hetero) is 1. The van der Waals surface area contributed by atoms with E-state index in [-0.39, 0.29) is 32.3 Å².